The Morgan fingerprint density at radius 1 is 1.25 bits per heavy atom. The van der Waals surface area contributed by atoms with E-state index in [2.05, 4.69) is 58.8 Å². The zero-order chi connectivity index (χ0) is 12.5. The second-order valence-corrected chi connectivity index (χ2v) is 6.86. The minimum absolute atomic E-state index is 0.353. The average molecular weight is 226 g/mol. The number of nitrogens with zero attached hydrogens (tertiary/aromatic N) is 1. The molecule has 1 fully saturated rings. The summed E-state index contributed by atoms with van der Waals surface area (Å²) in [5.41, 5.74) is 0.353. The summed E-state index contributed by atoms with van der Waals surface area (Å²) in [6.07, 6.45) is 1.28. The molecule has 0 aromatic rings. The molecule has 4 atom stereocenters. The van der Waals surface area contributed by atoms with Gasteiger partial charge in [0.05, 0.1) is 0 Å². The Hall–Kier alpha value is -0.0800. The molecule has 2 nitrogen and oxygen atoms in total. The molecule has 2 heteroatoms. The van der Waals surface area contributed by atoms with Crippen LogP contribution in [-0.4, -0.2) is 36.6 Å². The first-order valence-electron chi connectivity index (χ1n) is 6.68. The predicted octanol–water partition coefficient (Wildman–Crippen LogP) is 2.74. The van der Waals surface area contributed by atoms with Gasteiger partial charge >= 0.3 is 0 Å². The zero-order valence-electron chi connectivity index (χ0n) is 12.2. The Morgan fingerprint density at radius 3 is 2.31 bits per heavy atom. The number of nitrogens with one attached hydrogen (secondary N) is 1. The topological polar surface area (TPSA) is 15.3 Å². The van der Waals surface area contributed by atoms with Gasteiger partial charge in [0.2, 0.25) is 0 Å². The zero-order valence-corrected chi connectivity index (χ0v) is 12.2. The van der Waals surface area contributed by atoms with E-state index in [-0.39, 0.29) is 0 Å². The highest BCUT2D eigenvalue weighted by molar-refractivity contribution is 4.89. The van der Waals surface area contributed by atoms with Gasteiger partial charge in [-0.25, -0.2) is 0 Å². The second-order valence-electron chi connectivity index (χ2n) is 6.86. The fourth-order valence-corrected chi connectivity index (χ4v) is 2.34. The van der Waals surface area contributed by atoms with E-state index in [1.165, 1.54) is 13.0 Å². The summed E-state index contributed by atoms with van der Waals surface area (Å²) in [6, 6.07) is 1.97. The van der Waals surface area contributed by atoms with Crippen LogP contribution in [-0.2, 0) is 0 Å². The lowest BCUT2D eigenvalue weighted by molar-refractivity contribution is 0.104. The van der Waals surface area contributed by atoms with Crippen LogP contribution >= 0.6 is 0 Å². The fourth-order valence-electron chi connectivity index (χ4n) is 2.34. The van der Waals surface area contributed by atoms with Gasteiger partial charge in [-0.05, 0) is 38.6 Å². The lowest BCUT2D eigenvalue weighted by Crippen LogP contribution is -2.54. The lowest BCUT2D eigenvalue weighted by Gasteiger charge is -2.43. The molecule has 1 saturated heterocycles. The Bertz CT molecular complexity index is 219. The predicted molar refractivity (Wildman–Crippen MR) is 71.7 cm³/mol. The van der Waals surface area contributed by atoms with Gasteiger partial charge in [0, 0.05) is 24.7 Å². The molecule has 1 heterocycles. The highest BCUT2D eigenvalue weighted by atomic mass is 15.2. The third-order valence-corrected chi connectivity index (χ3v) is 4.37. The van der Waals surface area contributed by atoms with Crippen LogP contribution in [0.2, 0.25) is 0 Å². The normalized spacial score (nSPS) is 35.1. The van der Waals surface area contributed by atoms with Gasteiger partial charge in [0.25, 0.3) is 0 Å². The maximum absolute atomic E-state index is 3.83. The summed E-state index contributed by atoms with van der Waals surface area (Å²) in [7, 11) is 2.24. The van der Waals surface area contributed by atoms with Crippen molar-refractivity contribution in [3.8, 4) is 0 Å². The third kappa shape index (κ3) is 3.46. The van der Waals surface area contributed by atoms with Crippen molar-refractivity contribution in [3.05, 3.63) is 0 Å². The molecule has 0 saturated carbocycles. The van der Waals surface area contributed by atoms with Crippen molar-refractivity contribution in [1.82, 2.24) is 10.2 Å². The first kappa shape index (κ1) is 14.0. The van der Waals surface area contributed by atoms with Gasteiger partial charge in [-0.2, -0.15) is 0 Å². The summed E-state index contributed by atoms with van der Waals surface area (Å²) in [5, 5.41) is 3.83. The van der Waals surface area contributed by atoms with E-state index in [1.54, 1.807) is 0 Å². The Kier molecular flexibility index (Phi) is 4.42. The molecular weight excluding hydrogens is 196 g/mol. The molecule has 0 spiro atoms. The molecule has 1 rings (SSSR count). The number of likely N-dealkylation sites (tertiary alicyclic amines) is 1. The Labute approximate surface area is 102 Å². The minimum Gasteiger partial charge on any atom is -0.311 e. The van der Waals surface area contributed by atoms with E-state index in [0.717, 1.165) is 5.92 Å². The van der Waals surface area contributed by atoms with Gasteiger partial charge < -0.3 is 10.2 Å². The number of hydrogen-bond donors (Lipinski definition) is 1. The molecule has 96 valence electrons. The van der Waals surface area contributed by atoms with Crippen LogP contribution in [0.25, 0.3) is 0 Å². The van der Waals surface area contributed by atoms with E-state index in [4.69, 9.17) is 0 Å². The molecule has 0 amide bonds. The van der Waals surface area contributed by atoms with E-state index in [1.807, 2.05) is 0 Å². The van der Waals surface area contributed by atoms with Gasteiger partial charge in [0.1, 0.15) is 0 Å². The summed E-state index contributed by atoms with van der Waals surface area (Å²) < 4.78 is 0. The SMILES string of the molecule is CC1CN(C)C(C)CC1NC(C)C(C)(C)C. The van der Waals surface area contributed by atoms with Gasteiger partial charge in [-0.3, -0.25) is 0 Å². The van der Waals surface area contributed by atoms with Crippen LogP contribution in [0, 0.1) is 11.3 Å². The first-order chi connectivity index (χ1) is 7.21. The van der Waals surface area contributed by atoms with Crippen LogP contribution < -0.4 is 5.32 Å². The summed E-state index contributed by atoms with van der Waals surface area (Å²) >= 11 is 0. The second kappa shape index (κ2) is 5.05. The molecule has 0 bridgehead atoms. The van der Waals surface area contributed by atoms with Crippen molar-refractivity contribution in [2.75, 3.05) is 13.6 Å². The van der Waals surface area contributed by atoms with Crippen LogP contribution in [0.5, 0.6) is 0 Å². The molecule has 16 heavy (non-hydrogen) atoms. The van der Waals surface area contributed by atoms with Crippen molar-refractivity contribution in [1.29, 1.82) is 0 Å². The van der Waals surface area contributed by atoms with Crippen LogP contribution in [0.15, 0.2) is 0 Å². The molecule has 1 N–H and O–H groups in total. The molecule has 1 aliphatic rings. The van der Waals surface area contributed by atoms with Gasteiger partial charge in [-0.1, -0.05) is 27.7 Å². The Balaban J connectivity index is 2.54. The van der Waals surface area contributed by atoms with Crippen molar-refractivity contribution in [2.24, 2.45) is 11.3 Å². The quantitative estimate of drug-likeness (QED) is 0.779. The molecule has 0 aliphatic carbocycles. The van der Waals surface area contributed by atoms with Gasteiger partial charge in [-0.15, -0.1) is 0 Å². The summed E-state index contributed by atoms with van der Waals surface area (Å²) in [5.74, 6) is 0.756. The number of rotatable bonds is 2. The molecule has 4 unspecified atom stereocenters. The largest absolute Gasteiger partial charge is 0.311 e. The maximum Gasteiger partial charge on any atom is 0.0122 e. The van der Waals surface area contributed by atoms with Crippen molar-refractivity contribution in [2.45, 2.75) is 66.1 Å². The van der Waals surface area contributed by atoms with Crippen molar-refractivity contribution >= 4 is 0 Å². The molecule has 0 aromatic carbocycles. The Morgan fingerprint density at radius 2 is 1.81 bits per heavy atom. The van der Waals surface area contributed by atoms with Crippen molar-refractivity contribution < 1.29 is 0 Å². The average Bonchev–Trinajstić information content (AvgIpc) is 2.12. The molecule has 0 aromatic heterocycles. The summed E-state index contributed by atoms with van der Waals surface area (Å²) in [6.45, 7) is 15.2. The third-order valence-electron chi connectivity index (χ3n) is 4.37. The fraction of sp³-hybridized carbons (Fsp3) is 1.00. The van der Waals surface area contributed by atoms with Gasteiger partial charge in [0.15, 0.2) is 0 Å². The minimum atomic E-state index is 0.353. The highest BCUT2D eigenvalue weighted by Gasteiger charge is 2.31. The van der Waals surface area contributed by atoms with Crippen molar-refractivity contribution in [3.63, 3.8) is 0 Å². The molecule has 0 radical (unpaired) electrons. The van der Waals surface area contributed by atoms with Crippen LogP contribution in [0.4, 0.5) is 0 Å². The standard InChI is InChI=1S/C14H30N2/c1-10-9-16(7)11(2)8-13(10)15-12(3)14(4,5)6/h10-13,15H,8-9H2,1-7H3. The number of piperidine rings is 1. The highest BCUT2D eigenvalue weighted by Crippen LogP contribution is 2.25. The van der Waals surface area contributed by atoms with E-state index < -0.39 is 0 Å². The maximum atomic E-state index is 3.83. The van der Waals surface area contributed by atoms with E-state index >= 15 is 0 Å². The van der Waals surface area contributed by atoms with Crippen LogP contribution in [0.3, 0.4) is 0 Å². The lowest BCUT2D eigenvalue weighted by atomic mass is 9.84. The number of hydrogen-bond acceptors (Lipinski definition) is 2. The molecular formula is C14H30N2. The molecule has 1 aliphatic heterocycles. The van der Waals surface area contributed by atoms with E-state index in [0.29, 0.717) is 23.5 Å². The summed E-state index contributed by atoms with van der Waals surface area (Å²) in [4.78, 5) is 2.48. The van der Waals surface area contributed by atoms with Crippen LogP contribution in [0.1, 0.15) is 48.0 Å². The van der Waals surface area contributed by atoms with E-state index in [9.17, 15) is 0 Å². The first-order valence-corrected chi connectivity index (χ1v) is 6.68. The monoisotopic (exact) mass is 226 g/mol. The smallest absolute Gasteiger partial charge is 0.0122 e.